The van der Waals surface area contributed by atoms with E-state index in [2.05, 4.69) is 4.99 Å². The van der Waals surface area contributed by atoms with Gasteiger partial charge in [0.1, 0.15) is 5.96 Å². The van der Waals surface area contributed by atoms with Crippen molar-refractivity contribution in [1.82, 2.24) is 0 Å². The maximum absolute atomic E-state index is 5.11. The van der Waals surface area contributed by atoms with E-state index in [1.165, 1.54) is 0 Å². The zero-order valence-electron chi connectivity index (χ0n) is 8.15. The largest absolute Gasteiger partial charge is 0.748 e. The molecule has 2 aromatic carbocycles. The summed E-state index contributed by atoms with van der Waals surface area (Å²) in [5, 5.41) is 0. The summed E-state index contributed by atoms with van der Waals surface area (Å²) in [6, 6.07) is 17.4. The van der Waals surface area contributed by atoms with Gasteiger partial charge >= 0.3 is 0 Å². The normalized spacial score (nSPS) is 8.00. The average molecular weight is 243 g/mol. The summed E-state index contributed by atoms with van der Waals surface area (Å²) in [5.74, 6) is 0.0983. The molecule has 0 atom stereocenters. The van der Waals surface area contributed by atoms with Crippen LogP contribution in [0.1, 0.15) is 0 Å². The molecule has 0 aliphatic carbocycles. The Kier molecular flexibility index (Phi) is 7.06. The van der Waals surface area contributed by atoms with E-state index < -0.39 is 0 Å². The van der Waals surface area contributed by atoms with E-state index in [9.17, 15) is 0 Å². The molecule has 0 fully saturated rings. The predicted octanol–water partition coefficient (Wildman–Crippen LogP) is 1.71. The molecule has 0 radical (unpaired) electrons. The van der Waals surface area contributed by atoms with Crippen molar-refractivity contribution in [3.63, 3.8) is 0 Å². The Morgan fingerprint density at radius 1 is 0.933 bits per heavy atom. The van der Waals surface area contributed by atoms with Crippen LogP contribution in [-0.4, -0.2) is 5.96 Å². The molecule has 0 aromatic heterocycles. The third-order valence-electron chi connectivity index (χ3n) is 1.46. The standard InChI is InChI=1S/C6H8N3.C5H5.Fe/c7-6(8)9-5-3-1-2-4-5;1-2-4-5-3-1;/h1-4H,(H4,7,8,9);1-5H;/q-1;-5;. The van der Waals surface area contributed by atoms with Crippen LogP contribution in [0.25, 0.3) is 0 Å². The molecule has 2 rings (SSSR count). The van der Waals surface area contributed by atoms with Crippen LogP contribution in [0.4, 0.5) is 5.69 Å². The topological polar surface area (TPSA) is 64.4 Å². The smallest absolute Gasteiger partial charge is 0.115 e. The molecular weight excluding hydrogens is 230 g/mol. The summed E-state index contributed by atoms with van der Waals surface area (Å²) in [6.45, 7) is 0. The van der Waals surface area contributed by atoms with Crippen LogP contribution in [0.2, 0.25) is 0 Å². The maximum atomic E-state index is 5.11. The Hall–Kier alpha value is -1.51. The number of nitrogens with zero attached hydrogens (tertiary/aromatic N) is 1. The molecule has 4 N–H and O–H groups in total. The van der Waals surface area contributed by atoms with Gasteiger partial charge in [0.2, 0.25) is 0 Å². The van der Waals surface area contributed by atoms with Crippen molar-refractivity contribution in [2.45, 2.75) is 0 Å². The molecule has 0 bridgehead atoms. The summed E-state index contributed by atoms with van der Waals surface area (Å²) in [7, 11) is 0. The van der Waals surface area contributed by atoms with Crippen LogP contribution in [0.3, 0.4) is 0 Å². The second kappa shape index (κ2) is 7.85. The number of nitrogens with two attached hydrogens (primary N) is 2. The van der Waals surface area contributed by atoms with E-state index in [-0.39, 0.29) is 23.0 Å². The minimum Gasteiger partial charge on any atom is -0.748 e. The van der Waals surface area contributed by atoms with Crippen molar-refractivity contribution in [3.05, 3.63) is 54.6 Å². The molecule has 2 aromatic rings. The SMILES string of the molecule is NC(N)=N[c-]1cccc1.[Fe].[cH-]1[cH-][cH-][cH-][cH-]1. The van der Waals surface area contributed by atoms with Crippen LogP contribution in [0, 0.1) is 0 Å². The van der Waals surface area contributed by atoms with Crippen LogP contribution < -0.4 is 11.5 Å². The first-order chi connectivity index (χ1) is 6.79. The Labute approximate surface area is 100 Å². The average Bonchev–Trinajstić information content (AvgIpc) is 2.75. The number of rotatable bonds is 1. The number of guanidine groups is 1. The van der Waals surface area contributed by atoms with Crippen LogP contribution in [0.5, 0.6) is 0 Å². The molecule has 86 valence electrons. The number of hydrogen-bond acceptors (Lipinski definition) is 1. The van der Waals surface area contributed by atoms with Crippen molar-refractivity contribution in [3.8, 4) is 0 Å². The van der Waals surface area contributed by atoms with E-state index in [1.807, 2.05) is 54.6 Å². The summed E-state index contributed by atoms with van der Waals surface area (Å²) in [5.41, 5.74) is 11.0. The Bertz CT molecular complexity index is 328. The third kappa shape index (κ3) is 6.55. The van der Waals surface area contributed by atoms with Crippen LogP contribution in [-0.2, 0) is 17.1 Å². The van der Waals surface area contributed by atoms with Gasteiger partial charge < -0.3 is 46.8 Å². The zero-order chi connectivity index (χ0) is 10.2. The molecule has 0 heterocycles. The van der Waals surface area contributed by atoms with Gasteiger partial charge in [-0.05, 0) is 5.69 Å². The van der Waals surface area contributed by atoms with E-state index >= 15 is 0 Å². The third-order valence-corrected chi connectivity index (χ3v) is 1.46. The van der Waals surface area contributed by atoms with Crippen molar-refractivity contribution in [2.75, 3.05) is 0 Å². The summed E-state index contributed by atoms with van der Waals surface area (Å²) < 4.78 is 0. The molecule has 0 amide bonds. The fourth-order valence-electron chi connectivity index (χ4n) is 0.908. The van der Waals surface area contributed by atoms with Gasteiger partial charge in [-0.2, -0.15) is 12.1 Å². The second-order valence-corrected chi connectivity index (χ2v) is 2.64. The summed E-state index contributed by atoms with van der Waals surface area (Å²) in [4.78, 5) is 3.79. The van der Waals surface area contributed by atoms with E-state index in [1.54, 1.807) is 0 Å². The monoisotopic (exact) mass is 243 g/mol. The predicted molar refractivity (Wildman–Crippen MR) is 59.5 cm³/mol. The minimum absolute atomic E-state index is 0. The van der Waals surface area contributed by atoms with Gasteiger partial charge in [0, 0.05) is 17.1 Å². The van der Waals surface area contributed by atoms with Gasteiger partial charge in [-0.1, -0.05) is 0 Å². The molecule has 0 unspecified atom stereocenters. The van der Waals surface area contributed by atoms with Crippen LogP contribution >= 0.6 is 0 Å². The number of hydrogen-bond donors (Lipinski definition) is 2. The zero-order valence-corrected chi connectivity index (χ0v) is 9.26. The first-order valence-electron chi connectivity index (χ1n) is 4.27. The fraction of sp³-hybridized carbons (Fsp3) is 0. The first kappa shape index (κ1) is 13.5. The van der Waals surface area contributed by atoms with Crippen molar-refractivity contribution in [1.29, 1.82) is 0 Å². The summed E-state index contributed by atoms with van der Waals surface area (Å²) in [6.07, 6.45) is 0. The van der Waals surface area contributed by atoms with E-state index in [4.69, 9.17) is 11.5 Å². The molecule has 4 heteroatoms. The van der Waals surface area contributed by atoms with Gasteiger partial charge in [-0.3, -0.25) is 0 Å². The van der Waals surface area contributed by atoms with Crippen LogP contribution in [0.15, 0.2) is 59.6 Å². The van der Waals surface area contributed by atoms with Gasteiger partial charge in [-0.25, -0.2) is 0 Å². The van der Waals surface area contributed by atoms with E-state index in [0.29, 0.717) is 0 Å². The summed E-state index contributed by atoms with van der Waals surface area (Å²) >= 11 is 0. The first-order valence-corrected chi connectivity index (χ1v) is 4.27. The Morgan fingerprint density at radius 2 is 1.33 bits per heavy atom. The molecular formula is C11H13FeN3-6. The quantitative estimate of drug-likeness (QED) is 0.346. The van der Waals surface area contributed by atoms with Gasteiger partial charge in [0.05, 0.1) is 0 Å². The second-order valence-electron chi connectivity index (χ2n) is 2.64. The molecule has 0 aliphatic heterocycles. The maximum Gasteiger partial charge on any atom is 0.115 e. The Balaban J connectivity index is 0.000000280. The number of aliphatic imine (C=N–C) groups is 1. The molecule has 0 saturated heterocycles. The molecule has 3 nitrogen and oxygen atoms in total. The molecule has 0 aliphatic rings. The van der Waals surface area contributed by atoms with Gasteiger partial charge in [0.25, 0.3) is 0 Å². The van der Waals surface area contributed by atoms with Crippen molar-refractivity contribution in [2.24, 2.45) is 16.5 Å². The van der Waals surface area contributed by atoms with Gasteiger partial charge in [-0.15, -0.1) is 12.1 Å². The fourth-order valence-corrected chi connectivity index (χ4v) is 0.908. The van der Waals surface area contributed by atoms with E-state index in [0.717, 1.165) is 5.69 Å². The van der Waals surface area contributed by atoms with Crippen molar-refractivity contribution >= 4 is 11.6 Å². The van der Waals surface area contributed by atoms with Gasteiger partial charge in [0.15, 0.2) is 0 Å². The minimum atomic E-state index is 0. The van der Waals surface area contributed by atoms with Crippen molar-refractivity contribution < 1.29 is 17.1 Å². The molecule has 0 saturated carbocycles. The molecule has 0 spiro atoms. The molecule has 15 heavy (non-hydrogen) atoms. The Morgan fingerprint density at radius 3 is 1.67 bits per heavy atom.